The van der Waals surface area contributed by atoms with Gasteiger partial charge in [-0.15, -0.1) is 0 Å². The lowest BCUT2D eigenvalue weighted by Gasteiger charge is -2.20. The van der Waals surface area contributed by atoms with E-state index in [-0.39, 0.29) is 5.60 Å². The lowest BCUT2D eigenvalue weighted by molar-refractivity contribution is 0.0169. The summed E-state index contributed by atoms with van der Waals surface area (Å²) in [7, 11) is 0. The van der Waals surface area contributed by atoms with Crippen molar-refractivity contribution in [3.63, 3.8) is 0 Å². The normalized spacial score (nSPS) is 32.0. The van der Waals surface area contributed by atoms with Gasteiger partial charge in [-0.3, -0.25) is 0 Å². The zero-order chi connectivity index (χ0) is 10.0. The molecule has 1 aromatic rings. The Morgan fingerprint density at radius 2 is 2.07 bits per heavy atom. The predicted molar refractivity (Wildman–Crippen MR) is 58.4 cm³/mol. The van der Waals surface area contributed by atoms with Crippen molar-refractivity contribution in [3.05, 3.63) is 35.9 Å². The maximum Gasteiger partial charge on any atom is 0.0658 e. The van der Waals surface area contributed by atoms with E-state index in [4.69, 9.17) is 4.74 Å². The Balaban J connectivity index is 2.10. The molecule has 1 heteroatoms. The van der Waals surface area contributed by atoms with E-state index in [2.05, 4.69) is 44.2 Å². The smallest absolute Gasteiger partial charge is 0.0658 e. The Hall–Kier alpha value is -0.820. The van der Waals surface area contributed by atoms with Crippen LogP contribution >= 0.6 is 0 Å². The summed E-state index contributed by atoms with van der Waals surface area (Å²) in [5.41, 5.74) is 1.53. The van der Waals surface area contributed by atoms with Crippen LogP contribution in [0.1, 0.15) is 38.2 Å². The molecule has 0 saturated carbocycles. The first-order valence-corrected chi connectivity index (χ1v) is 5.42. The molecule has 1 fully saturated rings. The van der Waals surface area contributed by atoms with Crippen LogP contribution in [0.25, 0.3) is 0 Å². The molecule has 76 valence electrons. The van der Waals surface area contributed by atoms with Gasteiger partial charge in [0.25, 0.3) is 0 Å². The standard InChI is InChI=1S/C13H18O/c1-3-13(2)9-12(10-14-13)11-7-5-4-6-8-11/h4-8,12H,3,9-10H2,1-2H3. The first-order chi connectivity index (χ1) is 6.73. The zero-order valence-corrected chi connectivity index (χ0v) is 8.99. The summed E-state index contributed by atoms with van der Waals surface area (Å²) in [5.74, 6) is 0.598. The second kappa shape index (κ2) is 3.74. The van der Waals surface area contributed by atoms with E-state index < -0.39 is 0 Å². The van der Waals surface area contributed by atoms with Gasteiger partial charge in [0.1, 0.15) is 0 Å². The molecule has 0 aliphatic carbocycles. The number of ether oxygens (including phenoxy) is 1. The minimum Gasteiger partial charge on any atom is -0.375 e. The summed E-state index contributed by atoms with van der Waals surface area (Å²) in [6.07, 6.45) is 2.27. The molecule has 1 aliphatic heterocycles. The number of benzene rings is 1. The molecule has 0 bridgehead atoms. The van der Waals surface area contributed by atoms with E-state index in [0.29, 0.717) is 5.92 Å². The summed E-state index contributed by atoms with van der Waals surface area (Å²) < 4.78 is 5.86. The molecule has 1 aromatic carbocycles. The minimum absolute atomic E-state index is 0.112. The van der Waals surface area contributed by atoms with Crippen molar-refractivity contribution in [2.75, 3.05) is 6.61 Å². The molecular weight excluding hydrogens is 172 g/mol. The number of rotatable bonds is 2. The van der Waals surface area contributed by atoms with Gasteiger partial charge in [-0.05, 0) is 25.3 Å². The van der Waals surface area contributed by atoms with Crippen molar-refractivity contribution >= 4 is 0 Å². The van der Waals surface area contributed by atoms with Crippen LogP contribution in [-0.2, 0) is 4.74 Å². The van der Waals surface area contributed by atoms with Crippen LogP contribution in [0.15, 0.2) is 30.3 Å². The fourth-order valence-electron chi connectivity index (χ4n) is 2.13. The minimum atomic E-state index is 0.112. The third-order valence-corrected chi connectivity index (χ3v) is 3.33. The highest BCUT2D eigenvalue weighted by molar-refractivity contribution is 5.21. The Morgan fingerprint density at radius 1 is 1.36 bits per heavy atom. The number of hydrogen-bond acceptors (Lipinski definition) is 1. The van der Waals surface area contributed by atoms with Gasteiger partial charge in [-0.25, -0.2) is 0 Å². The Bertz CT molecular complexity index is 293. The van der Waals surface area contributed by atoms with Crippen LogP contribution in [0.3, 0.4) is 0 Å². The van der Waals surface area contributed by atoms with Crippen LogP contribution in [0.2, 0.25) is 0 Å². The van der Waals surface area contributed by atoms with E-state index in [9.17, 15) is 0 Å². The van der Waals surface area contributed by atoms with Crippen LogP contribution in [0.5, 0.6) is 0 Å². The maximum absolute atomic E-state index is 5.86. The predicted octanol–water partition coefficient (Wildman–Crippen LogP) is 3.36. The maximum atomic E-state index is 5.86. The van der Waals surface area contributed by atoms with Crippen LogP contribution in [-0.4, -0.2) is 12.2 Å². The molecule has 1 heterocycles. The van der Waals surface area contributed by atoms with Crippen molar-refractivity contribution < 1.29 is 4.74 Å². The molecule has 0 spiro atoms. The van der Waals surface area contributed by atoms with Gasteiger partial charge in [0.2, 0.25) is 0 Å². The van der Waals surface area contributed by atoms with Crippen LogP contribution < -0.4 is 0 Å². The van der Waals surface area contributed by atoms with Gasteiger partial charge in [0.05, 0.1) is 12.2 Å². The second-order valence-electron chi connectivity index (χ2n) is 4.43. The molecule has 2 unspecified atom stereocenters. The highest BCUT2D eigenvalue weighted by Gasteiger charge is 2.34. The van der Waals surface area contributed by atoms with Gasteiger partial charge in [0.15, 0.2) is 0 Å². The van der Waals surface area contributed by atoms with Crippen molar-refractivity contribution in [2.24, 2.45) is 0 Å². The van der Waals surface area contributed by atoms with E-state index in [0.717, 1.165) is 19.4 Å². The molecule has 0 N–H and O–H groups in total. The molecule has 0 aromatic heterocycles. The fraction of sp³-hybridized carbons (Fsp3) is 0.538. The molecule has 1 saturated heterocycles. The van der Waals surface area contributed by atoms with E-state index in [1.54, 1.807) is 0 Å². The average molecular weight is 190 g/mol. The first kappa shape index (κ1) is 9.72. The van der Waals surface area contributed by atoms with Gasteiger partial charge in [0, 0.05) is 5.92 Å². The summed E-state index contributed by atoms with van der Waals surface area (Å²) in [6.45, 7) is 5.30. The molecule has 2 rings (SSSR count). The highest BCUT2D eigenvalue weighted by Crippen LogP contribution is 2.37. The SMILES string of the molecule is CCC1(C)CC(c2ccccc2)CO1. The number of hydrogen-bond donors (Lipinski definition) is 0. The average Bonchev–Trinajstić information content (AvgIpc) is 2.63. The highest BCUT2D eigenvalue weighted by atomic mass is 16.5. The molecular formula is C13H18O. The fourth-order valence-corrected chi connectivity index (χ4v) is 2.13. The Labute approximate surface area is 86.1 Å². The van der Waals surface area contributed by atoms with Gasteiger partial charge in [-0.1, -0.05) is 37.3 Å². The largest absolute Gasteiger partial charge is 0.375 e. The third kappa shape index (κ3) is 1.83. The Kier molecular flexibility index (Phi) is 2.60. The summed E-state index contributed by atoms with van der Waals surface area (Å²) >= 11 is 0. The molecule has 0 amide bonds. The van der Waals surface area contributed by atoms with E-state index in [1.165, 1.54) is 5.56 Å². The molecule has 14 heavy (non-hydrogen) atoms. The zero-order valence-electron chi connectivity index (χ0n) is 8.99. The molecule has 1 nitrogen and oxygen atoms in total. The molecule has 2 atom stereocenters. The second-order valence-corrected chi connectivity index (χ2v) is 4.43. The van der Waals surface area contributed by atoms with E-state index in [1.807, 2.05) is 0 Å². The van der Waals surface area contributed by atoms with E-state index >= 15 is 0 Å². The first-order valence-electron chi connectivity index (χ1n) is 5.42. The lowest BCUT2D eigenvalue weighted by Crippen LogP contribution is -2.21. The molecule has 0 radical (unpaired) electrons. The lowest BCUT2D eigenvalue weighted by atomic mass is 9.89. The summed E-state index contributed by atoms with van der Waals surface area (Å²) in [6, 6.07) is 10.7. The summed E-state index contributed by atoms with van der Waals surface area (Å²) in [5, 5.41) is 0. The van der Waals surface area contributed by atoms with Gasteiger partial charge < -0.3 is 4.74 Å². The monoisotopic (exact) mass is 190 g/mol. The Morgan fingerprint density at radius 3 is 2.64 bits per heavy atom. The van der Waals surface area contributed by atoms with Crippen molar-refractivity contribution in [1.82, 2.24) is 0 Å². The quantitative estimate of drug-likeness (QED) is 0.695. The van der Waals surface area contributed by atoms with Gasteiger partial charge in [-0.2, -0.15) is 0 Å². The van der Waals surface area contributed by atoms with Gasteiger partial charge >= 0.3 is 0 Å². The van der Waals surface area contributed by atoms with Crippen molar-refractivity contribution in [3.8, 4) is 0 Å². The van der Waals surface area contributed by atoms with Crippen LogP contribution in [0, 0.1) is 0 Å². The third-order valence-electron chi connectivity index (χ3n) is 3.33. The molecule has 1 aliphatic rings. The summed E-state index contributed by atoms with van der Waals surface area (Å²) in [4.78, 5) is 0. The topological polar surface area (TPSA) is 9.23 Å². The van der Waals surface area contributed by atoms with Crippen molar-refractivity contribution in [2.45, 2.75) is 38.2 Å². The van der Waals surface area contributed by atoms with Crippen LogP contribution in [0.4, 0.5) is 0 Å². The van der Waals surface area contributed by atoms with Crippen molar-refractivity contribution in [1.29, 1.82) is 0 Å².